The van der Waals surface area contributed by atoms with Crippen LogP contribution in [0.15, 0.2) is 29.8 Å². The van der Waals surface area contributed by atoms with Gasteiger partial charge in [0.15, 0.2) is 0 Å². The second-order valence-electron chi connectivity index (χ2n) is 5.91. The third-order valence-corrected chi connectivity index (χ3v) is 4.68. The van der Waals surface area contributed by atoms with Crippen LogP contribution in [0.2, 0.25) is 0 Å². The van der Waals surface area contributed by atoms with Gasteiger partial charge < -0.3 is 9.64 Å². The van der Waals surface area contributed by atoms with Crippen LogP contribution in [0.3, 0.4) is 0 Å². The molecule has 6 heteroatoms. The summed E-state index contributed by atoms with van der Waals surface area (Å²) < 4.78 is 5.60. The highest BCUT2D eigenvalue weighted by atomic mass is 32.1. The molecule has 2 aromatic heterocycles. The van der Waals surface area contributed by atoms with E-state index in [4.69, 9.17) is 4.74 Å². The fraction of sp³-hybridized carbons (Fsp3) is 0.471. The molecule has 23 heavy (non-hydrogen) atoms. The summed E-state index contributed by atoms with van der Waals surface area (Å²) in [5.74, 6) is 0.452. The Hall–Kier alpha value is -1.95. The van der Waals surface area contributed by atoms with Crippen LogP contribution in [0, 0.1) is 0 Å². The SMILES string of the molecule is CC(C)Oc1cccc(C(=O)N2CCCCC2c2nccs2)n1. The summed E-state index contributed by atoms with van der Waals surface area (Å²) in [6.45, 7) is 4.64. The van der Waals surface area contributed by atoms with Crippen molar-refractivity contribution in [3.63, 3.8) is 0 Å². The number of carbonyl (C=O) groups excluding carboxylic acids is 1. The summed E-state index contributed by atoms with van der Waals surface area (Å²) in [5, 5.41) is 2.97. The molecule has 0 saturated carbocycles. The predicted molar refractivity (Wildman–Crippen MR) is 89.7 cm³/mol. The van der Waals surface area contributed by atoms with Crippen LogP contribution >= 0.6 is 11.3 Å². The zero-order chi connectivity index (χ0) is 16.2. The molecule has 2 aromatic rings. The highest BCUT2D eigenvalue weighted by Gasteiger charge is 2.31. The van der Waals surface area contributed by atoms with Gasteiger partial charge in [-0.15, -0.1) is 11.3 Å². The molecule has 1 fully saturated rings. The largest absolute Gasteiger partial charge is 0.475 e. The predicted octanol–water partition coefficient (Wildman–Crippen LogP) is 3.69. The molecule has 0 bridgehead atoms. The standard InChI is InChI=1S/C17H21N3O2S/c1-12(2)22-15-8-5-6-13(19-15)17(21)20-10-4-3-7-14(20)16-18-9-11-23-16/h5-6,8-9,11-12,14H,3-4,7,10H2,1-2H3. The lowest BCUT2D eigenvalue weighted by molar-refractivity contribution is 0.0603. The van der Waals surface area contributed by atoms with Gasteiger partial charge >= 0.3 is 0 Å². The van der Waals surface area contributed by atoms with Gasteiger partial charge in [-0.1, -0.05) is 6.07 Å². The van der Waals surface area contributed by atoms with Gasteiger partial charge in [-0.2, -0.15) is 0 Å². The van der Waals surface area contributed by atoms with E-state index in [2.05, 4.69) is 9.97 Å². The first-order valence-electron chi connectivity index (χ1n) is 7.99. The first kappa shape index (κ1) is 15.9. The van der Waals surface area contributed by atoms with Gasteiger partial charge in [0, 0.05) is 24.2 Å². The Bertz CT molecular complexity index is 658. The second-order valence-corrected chi connectivity index (χ2v) is 6.83. The summed E-state index contributed by atoms with van der Waals surface area (Å²) >= 11 is 1.61. The number of thiazole rings is 1. The van der Waals surface area contributed by atoms with Crippen molar-refractivity contribution in [3.8, 4) is 5.88 Å². The van der Waals surface area contributed by atoms with E-state index in [9.17, 15) is 4.79 Å². The number of aromatic nitrogens is 2. The van der Waals surface area contributed by atoms with Gasteiger partial charge in [-0.25, -0.2) is 9.97 Å². The number of hydrogen-bond donors (Lipinski definition) is 0. The normalized spacial score (nSPS) is 18.2. The maximum atomic E-state index is 12.9. The van der Waals surface area contributed by atoms with E-state index < -0.39 is 0 Å². The molecule has 0 aliphatic carbocycles. The Morgan fingerprint density at radius 3 is 3.00 bits per heavy atom. The van der Waals surface area contributed by atoms with Gasteiger partial charge in [0.05, 0.1) is 12.1 Å². The van der Waals surface area contributed by atoms with Crippen LogP contribution in [0.4, 0.5) is 0 Å². The van der Waals surface area contributed by atoms with E-state index in [1.54, 1.807) is 29.7 Å². The molecule has 3 rings (SSSR count). The molecular weight excluding hydrogens is 310 g/mol. The van der Waals surface area contributed by atoms with Crippen LogP contribution in [-0.4, -0.2) is 33.4 Å². The number of hydrogen-bond acceptors (Lipinski definition) is 5. The molecule has 1 aliphatic heterocycles. The lowest BCUT2D eigenvalue weighted by Gasteiger charge is -2.34. The van der Waals surface area contributed by atoms with E-state index in [1.807, 2.05) is 30.2 Å². The van der Waals surface area contributed by atoms with Crippen molar-refractivity contribution in [3.05, 3.63) is 40.5 Å². The molecule has 122 valence electrons. The topological polar surface area (TPSA) is 55.3 Å². The van der Waals surface area contributed by atoms with Crippen molar-refractivity contribution in [2.75, 3.05) is 6.54 Å². The Morgan fingerprint density at radius 2 is 2.26 bits per heavy atom. The van der Waals surface area contributed by atoms with Crippen molar-refractivity contribution >= 4 is 17.2 Å². The number of nitrogens with zero attached hydrogens (tertiary/aromatic N) is 3. The third kappa shape index (κ3) is 3.69. The lowest BCUT2D eigenvalue weighted by atomic mass is 10.0. The Balaban J connectivity index is 1.83. The number of likely N-dealkylation sites (tertiary alicyclic amines) is 1. The zero-order valence-electron chi connectivity index (χ0n) is 13.4. The van der Waals surface area contributed by atoms with E-state index >= 15 is 0 Å². The first-order chi connectivity index (χ1) is 11.1. The summed E-state index contributed by atoms with van der Waals surface area (Å²) in [6, 6.07) is 5.42. The molecule has 3 heterocycles. The van der Waals surface area contributed by atoms with Crippen molar-refractivity contribution in [1.29, 1.82) is 0 Å². The summed E-state index contributed by atoms with van der Waals surface area (Å²) in [7, 11) is 0. The highest BCUT2D eigenvalue weighted by molar-refractivity contribution is 7.09. The fourth-order valence-electron chi connectivity index (χ4n) is 2.82. The molecular formula is C17H21N3O2S. The molecule has 1 saturated heterocycles. The molecule has 0 spiro atoms. The minimum Gasteiger partial charge on any atom is -0.475 e. The quantitative estimate of drug-likeness (QED) is 0.857. The Morgan fingerprint density at radius 1 is 1.39 bits per heavy atom. The van der Waals surface area contributed by atoms with Crippen LogP contribution in [0.25, 0.3) is 0 Å². The number of piperidine rings is 1. The average Bonchev–Trinajstić information content (AvgIpc) is 3.08. The Labute approximate surface area is 140 Å². The van der Waals surface area contributed by atoms with Crippen molar-refractivity contribution in [1.82, 2.24) is 14.9 Å². The lowest BCUT2D eigenvalue weighted by Crippen LogP contribution is -2.38. The van der Waals surface area contributed by atoms with Gasteiger partial charge in [0.2, 0.25) is 5.88 Å². The van der Waals surface area contributed by atoms with Crippen molar-refractivity contribution < 1.29 is 9.53 Å². The zero-order valence-corrected chi connectivity index (χ0v) is 14.3. The molecule has 1 unspecified atom stereocenters. The fourth-order valence-corrected chi connectivity index (χ4v) is 3.60. The van der Waals surface area contributed by atoms with Crippen molar-refractivity contribution in [2.24, 2.45) is 0 Å². The van der Waals surface area contributed by atoms with Gasteiger partial charge in [-0.05, 0) is 39.2 Å². The number of pyridine rings is 1. The average molecular weight is 331 g/mol. The maximum Gasteiger partial charge on any atom is 0.273 e. The Kier molecular flexibility index (Phi) is 4.91. The number of carbonyl (C=O) groups is 1. The van der Waals surface area contributed by atoms with E-state index in [-0.39, 0.29) is 18.1 Å². The monoisotopic (exact) mass is 331 g/mol. The number of ether oxygens (including phenoxy) is 1. The smallest absolute Gasteiger partial charge is 0.273 e. The number of amides is 1. The summed E-state index contributed by atoms with van der Waals surface area (Å²) in [4.78, 5) is 23.6. The van der Waals surface area contributed by atoms with E-state index in [1.165, 1.54) is 0 Å². The van der Waals surface area contributed by atoms with Crippen LogP contribution in [-0.2, 0) is 0 Å². The van der Waals surface area contributed by atoms with Gasteiger partial charge in [0.1, 0.15) is 10.7 Å². The van der Waals surface area contributed by atoms with Gasteiger partial charge in [0.25, 0.3) is 5.91 Å². The molecule has 1 aliphatic rings. The molecule has 1 amide bonds. The van der Waals surface area contributed by atoms with Crippen LogP contribution in [0.1, 0.15) is 54.6 Å². The third-order valence-electron chi connectivity index (χ3n) is 3.80. The van der Waals surface area contributed by atoms with Crippen LogP contribution in [0.5, 0.6) is 5.88 Å². The molecule has 0 N–H and O–H groups in total. The summed E-state index contributed by atoms with van der Waals surface area (Å²) in [6.07, 6.45) is 4.94. The van der Waals surface area contributed by atoms with Crippen LogP contribution < -0.4 is 4.74 Å². The molecule has 1 atom stereocenters. The van der Waals surface area contributed by atoms with Gasteiger partial charge in [-0.3, -0.25) is 4.79 Å². The second kappa shape index (κ2) is 7.08. The minimum atomic E-state index is -0.0425. The molecule has 5 nitrogen and oxygen atoms in total. The number of rotatable bonds is 4. The van der Waals surface area contributed by atoms with E-state index in [0.29, 0.717) is 11.6 Å². The maximum absolute atomic E-state index is 12.9. The minimum absolute atomic E-state index is 0.0332. The molecule has 0 radical (unpaired) electrons. The molecule has 0 aromatic carbocycles. The first-order valence-corrected chi connectivity index (χ1v) is 8.87. The highest BCUT2D eigenvalue weighted by Crippen LogP contribution is 2.33. The van der Waals surface area contributed by atoms with E-state index in [0.717, 1.165) is 30.8 Å². The summed E-state index contributed by atoms with van der Waals surface area (Å²) in [5.41, 5.74) is 0.437. The van der Waals surface area contributed by atoms with Crippen molar-refractivity contribution in [2.45, 2.75) is 45.3 Å².